The molecule has 4 nitrogen and oxygen atoms in total. The normalized spacial score (nSPS) is 20.5. The zero-order valence-electron chi connectivity index (χ0n) is 8.94. The predicted molar refractivity (Wildman–Crippen MR) is 74.7 cm³/mol. The number of hydrogen-bond acceptors (Lipinski definition) is 3. The first-order valence-corrected chi connectivity index (χ1v) is 8.51. The molecule has 0 bridgehead atoms. The number of amides is 1. The van der Waals surface area contributed by atoms with Crippen molar-refractivity contribution in [2.24, 2.45) is 0 Å². The van der Waals surface area contributed by atoms with E-state index in [1.807, 2.05) is 0 Å². The summed E-state index contributed by atoms with van der Waals surface area (Å²) in [4.78, 5) is 13.2. The fraction of sp³-hybridized carbons (Fsp3) is 0.300. The lowest BCUT2D eigenvalue weighted by molar-refractivity contribution is -0.117. The van der Waals surface area contributed by atoms with Crippen LogP contribution >= 0.6 is 38.2 Å². The molecule has 0 aromatic heterocycles. The second-order valence-corrected chi connectivity index (χ2v) is 8.19. The van der Waals surface area contributed by atoms with Crippen molar-refractivity contribution in [3.8, 4) is 0 Å². The lowest BCUT2D eigenvalue weighted by Gasteiger charge is -2.16. The van der Waals surface area contributed by atoms with Crippen LogP contribution in [-0.4, -0.2) is 26.1 Å². The Balaban J connectivity index is 2.32. The van der Waals surface area contributed by atoms with Gasteiger partial charge in [0, 0.05) is 38.8 Å². The van der Waals surface area contributed by atoms with E-state index in [1.165, 1.54) is 4.90 Å². The monoisotopic (exact) mass is 371 g/mol. The Morgan fingerprint density at radius 3 is 2.50 bits per heavy atom. The summed E-state index contributed by atoms with van der Waals surface area (Å²) in [5.74, 6) is -0.279. The number of carbonyl (C=O) groups is 1. The van der Waals surface area contributed by atoms with Crippen molar-refractivity contribution in [1.82, 2.24) is 0 Å². The van der Waals surface area contributed by atoms with Gasteiger partial charge in [-0.25, -0.2) is 8.42 Å². The number of halogens is 3. The quantitative estimate of drug-likeness (QED) is 0.750. The summed E-state index contributed by atoms with van der Waals surface area (Å²) in [5.41, 5.74) is 0.558. The third-order valence-corrected chi connectivity index (χ3v) is 5.19. The van der Waals surface area contributed by atoms with Crippen LogP contribution in [-0.2, 0) is 13.8 Å². The molecular weight excluding hydrogens is 365 g/mol. The summed E-state index contributed by atoms with van der Waals surface area (Å²) in [7, 11) is 1.55. The van der Waals surface area contributed by atoms with Crippen LogP contribution in [0.5, 0.6) is 0 Å². The highest BCUT2D eigenvalue weighted by atomic mass is 79.9. The minimum atomic E-state index is -3.73. The summed E-state index contributed by atoms with van der Waals surface area (Å²) in [6.07, 6.45) is -0.101. The highest BCUT2D eigenvalue weighted by molar-refractivity contribution is 9.10. The van der Waals surface area contributed by atoms with Gasteiger partial charge in [-0.1, -0.05) is 27.5 Å². The van der Waals surface area contributed by atoms with E-state index in [0.717, 1.165) is 4.47 Å². The molecule has 1 aromatic carbocycles. The summed E-state index contributed by atoms with van der Waals surface area (Å²) < 4.78 is 23.2. The Morgan fingerprint density at radius 2 is 2.00 bits per heavy atom. The minimum absolute atomic E-state index is 0.0530. The first-order valence-electron chi connectivity index (χ1n) is 4.97. The van der Waals surface area contributed by atoms with Gasteiger partial charge >= 0.3 is 0 Å². The van der Waals surface area contributed by atoms with Crippen LogP contribution in [0.2, 0.25) is 5.02 Å². The molecule has 1 aliphatic rings. The molecular formula is C10H8BrCl2NO3S. The van der Waals surface area contributed by atoms with E-state index in [4.69, 9.17) is 22.3 Å². The summed E-state index contributed by atoms with van der Waals surface area (Å²) >= 11 is 9.16. The van der Waals surface area contributed by atoms with Gasteiger partial charge in [0.2, 0.25) is 15.0 Å². The average molecular weight is 373 g/mol. The van der Waals surface area contributed by atoms with Crippen molar-refractivity contribution in [2.45, 2.75) is 11.7 Å². The lowest BCUT2D eigenvalue weighted by atomic mass is 10.3. The topological polar surface area (TPSA) is 54.5 Å². The van der Waals surface area contributed by atoms with Gasteiger partial charge in [0.1, 0.15) is 5.25 Å². The first kappa shape index (κ1) is 14.1. The van der Waals surface area contributed by atoms with E-state index in [9.17, 15) is 13.2 Å². The SMILES string of the molecule is O=C1CC(S(=O)(=O)Cl)CN1c1cc(Cl)cc(Br)c1. The first-order chi connectivity index (χ1) is 8.27. The number of rotatable bonds is 2. The van der Waals surface area contributed by atoms with Crippen LogP contribution in [0.4, 0.5) is 5.69 Å². The van der Waals surface area contributed by atoms with Crippen LogP contribution in [0.15, 0.2) is 22.7 Å². The number of carbonyl (C=O) groups excluding carboxylic acids is 1. The van der Waals surface area contributed by atoms with Gasteiger partial charge in [-0.05, 0) is 18.2 Å². The van der Waals surface area contributed by atoms with Gasteiger partial charge in [-0.3, -0.25) is 4.79 Å². The van der Waals surface area contributed by atoms with Crippen LogP contribution in [0.3, 0.4) is 0 Å². The molecule has 1 fully saturated rings. The fourth-order valence-electron chi connectivity index (χ4n) is 1.81. The zero-order valence-corrected chi connectivity index (χ0v) is 12.9. The van der Waals surface area contributed by atoms with Crippen LogP contribution in [0, 0.1) is 0 Å². The summed E-state index contributed by atoms with van der Waals surface area (Å²) in [6, 6.07) is 4.99. The van der Waals surface area contributed by atoms with Gasteiger partial charge in [-0.2, -0.15) is 0 Å². The van der Waals surface area contributed by atoms with E-state index in [0.29, 0.717) is 10.7 Å². The van der Waals surface area contributed by atoms with E-state index >= 15 is 0 Å². The van der Waals surface area contributed by atoms with E-state index in [2.05, 4.69) is 15.9 Å². The molecule has 18 heavy (non-hydrogen) atoms. The fourth-order valence-corrected chi connectivity index (χ4v) is 3.68. The predicted octanol–water partition coefficient (Wildman–Crippen LogP) is 2.78. The van der Waals surface area contributed by atoms with Gasteiger partial charge in [0.05, 0.1) is 0 Å². The molecule has 1 saturated heterocycles. The third-order valence-electron chi connectivity index (χ3n) is 2.65. The molecule has 0 saturated carbocycles. The van der Waals surface area contributed by atoms with Crippen molar-refractivity contribution in [3.63, 3.8) is 0 Å². The van der Waals surface area contributed by atoms with Crippen molar-refractivity contribution in [1.29, 1.82) is 0 Å². The van der Waals surface area contributed by atoms with Gasteiger partial charge in [-0.15, -0.1) is 0 Å². The highest BCUT2D eigenvalue weighted by Gasteiger charge is 2.38. The molecule has 1 aromatic rings. The number of benzene rings is 1. The molecule has 0 radical (unpaired) electrons. The van der Waals surface area contributed by atoms with Gasteiger partial charge in [0.25, 0.3) is 0 Å². The van der Waals surface area contributed by atoms with E-state index < -0.39 is 14.3 Å². The maximum Gasteiger partial charge on any atom is 0.237 e. The molecule has 1 unspecified atom stereocenters. The van der Waals surface area contributed by atoms with Crippen molar-refractivity contribution < 1.29 is 13.2 Å². The molecule has 98 valence electrons. The number of nitrogens with zero attached hydrogens (tertiary/aromatic N) is 1. The second kappa shape index (κ2) is 5.00. The van der Waals surface area contributed by atoms with E-state index in [1.54, 1.807) is 18.2 Å². The molecule has 1 aliphatic heterocycles. The molecule has 1 heterocycles. The average Bonchev–Trinajstić information content (AvgIpc) is 2.58. The molecule has 1 atom stereocenters. The summed E-state index contributed by atoms with van der Waals surface area (Å²) in [6.45, 7) is 0.0530. The molecule has 0 spiro atoms. The third kappa shape index (κ3) is 2.99. The maximum atomic E-state index is 11.8. The molecule has 8 heteroatoms. The highest BCUT2D eigenvalue weighted by Crippen LogP contribution is 2.31. The van der Waals surface area contributed by atoms with Crippen molar-refractivity contribution >= 4 is 58.9 Å². The number of hydrogen-bond donors (Lipinski definition) is 0. The minimum Gasteiger partial charge on any atom is -0.311 e. The zero-order chi connectivity index (χ0) is 13.5. The van der Waals surface area contributed by atoms with E-state index in [-0.39, 0.29) is 18.9 Å². The Morgan fingerprint density at radius 1 is 1.33 bits per heavy atom. The standard InChI is InChI=1S/C10H8BrCl2NO3S/c11-6-1-7(12)3-8(2-6)14-5-9(4-10(14)15)18(13,16)17/h1-3,9H,4-5H2. The summed E-state index contributed by atoms with van der Waals surface area (Å²) in [5, 5.41) is -0.409. The Kier molecular flexibility index (Phi) is 3.92. The molecule has 0 aliphatic carbocycles. The lowest BCUT2D eigenvalue weighted by Crippen LogP contribution is -2.26. The van der Waals surface area contributed by atoms with Crippen molar-refractivity contribution in [3.05, 3.63) is 27.7 Å². The van der Waals surface area contributed by atoms with Crippen molar-refractivity contribution in [2.75, 3.05) is 11.4 Å². The van der Waals surface area contributed by atoms with Gasteiger partial charge in [0.15, 0.2) is 0 Å². The van der Waals surface area contributed by atoms with Crippen LogP contribution in [0.1, 0.15) is 6.42 Å². The Hall–Kier alpha value is -0.300. The molecule has 1 amide bonds. The van der Waals surface area contributed by atoms with Crippen LogP contribution < -0.4 is 4.90 Å². The van der Waals surface area contributed by atoms with Crippen LogP contribution in [0.25, 0.3) is 0 Å². The van der Waals surface area contributed by atoms with Gasteiger partial charge < -0.3 is 4.90 Å². The largest absolute Gasteiger partial charge is 0.311 e. The number of anilines is 1. The Bertz CT molecular complexity index is 585. The molecule has 2 rings (SSSR count). The smallest absolute Gasteiger partial charge is 0.237 e. The molecule has 0 N–H and O–H groups in total. The maximum absolute atomic E-state index is 11.8. The Labute approximate surface area is 122 Å². The second-order valence-electron chi connectivity index (χ2n) is 3.93.